The highest BCUT2D eigenvalue weighted by Gasteiger charge is 2.32. The molecule has 3 aliphatic rings. The Kier molecular flexibility index (Phi) is 5.56. The molecular formula is C39H29N5. The summed E-state index contributed by atoms with van der Waals surface area (Å²) in [7, 11) is 0. The van der Waals surface area contributed by atoms with Crippen molar-refractivity contribution in [2.45, 2.75) is 0 Å². The third-order valence-electron chi connectivity index (χ3n) is 8.83. The van der Waals surface area contributed by atoms with E-state index in [1.807, 2.05) is 6.20 Å². The van der Waals surface area contributed by atoms with Crippen LogP contribution in [0.25, 0.3) is 49.8 Å². The third-order valence-corrected chi connectivity index (χ3v) is 8.83. The first kappa shape index (κ1) is 24.8. The first-order valence-corrected chi connectivity index (χ1v) is 15.1. The molecule has 0 amide bonds. The van der Waals surface area contributed by atoms with Crippen molar-refractivity contribution in [3.05, 3.63) is 151 Å². The zero-order valence-electron chi connectivity index (χ0n) is 24.0. The van der Waals surface area contributed by atoms with Crippen LogP contribution < -0.4 is 15.5 Å². The minimum atomic E-state index is 0.720. The van der Waals surface area contributed by atoms with Crippen LogP contribution in [0.4, 0.5) is 17.2 Å². The molecule has 210 valence electrons. The van der Waals surface area contributed by atoms with E-state index in [-0.39, 0.29) is 0 Å². The van der Waals surface area contributed by atoms with Crippen molar-refractivity contribution in [2.24, 2.45) is 0 Å². The molecular weight excluding hydrogens is 538 g/mol. The Labute approximate surface area is 255 Å². The van der Waals surface area contributed by atoms with Gasteiger partial charge in [-0.15, -0.1) is 0 Å². The lowest BCUT2D eigenvalue weighted by molar-refractivity contribution is 0.913. The van der Waals surface area contributed by atoms with Crippen molar-refractivity contribution in [1.29, 1.82) is 0 Å². The van der Waals surface area contributed by atoms with Crippen LogP contribution in [0.5, 0.6) is 0 Å². The highest BCUT2D eigenvalue weighted by Crippen LogP contribution is 2.54. The van der Waals surface area contributed by atoms with Gasteiger partial charge in [0, 0.05) is 63.9 Å². The summed E-state index contributed by atoms with van der Waals surface area (Å²) in [6.45, 7) is 1.58. The normalized spacial score (nSPS) is 15.3. The van der Waals surface area contributed by atoms with Crippen LogP contribution >= 0.6 is 0 Å². The minimum Gasteiger partial charge on any atom is -0.387 e. The second kappa shape index (κ2) is 9.89. The van der Waals surface area contributed by atoms with Gasteiger partial charge in [-0.1, -0.05) is 91.0 Å². The maximum atomic E-state index is 5.03. The molecule has 0 atom stereocenters. The molecule has 0 saturated carbocycles. The molecule has 0 aliphatic carbocycles. The number of dihydropyridines is 2. The number of nitrogens with one attached hydrogen (secondary N) is 2. The quantitative estimate of drug-likeness (QED) is 0.224. The SMILES string of the molecule is C1=CC(C2=CNCC(n3c4c(c5ccccc53)-c3ccccc3N(c3nccc5ccccc35)c3ccccc3-4)=C2)=CNC1. The second-order valence-corrected chi connectivity index (χ2v) is 11.3. The Morgan fingerprint density at radius 2 is 1.39 bits per heavy atom. The number of aromatic nitrogens is 2. The van der Waals surface area contributed by atoms with E-state index in [4.69, 9.17) is 4.98 Å². The van der Waals surface area contributed by atoms with Crippen LogP contribution in [-0.4, -0.2) is 22.6 Å². The second-order valence-electron chi connectivity index (χ2n) is 11.3. The van der Waals surface area contributed by atoms with Gasteiger partial charge in [0.25, 0.3) is 0 Å². The summed E-state index contributed by atoms with van der Waals surface area (Å²) in [4.78, 5) is 7.38. The van der Waals surface area contributed by atoms with E-state index in [2.05, 4.69) is 154 Å². The summed E-state index contributed by atoms with van der Waals surface area (Å²) in [5.74, 6) is 0.927. The molecule has 2 aromatic heterocycles. The number of anilines is 3. The average Bonchev–Trinajstić information content (AvgIpc) is 3.38. The fraction of sp³-hybridized carbons (Fsp3) is 0.0513. The van der Waals surface area contributed by atoms with E-state index in [9.17, 15) is 0 Å². The standard InChI is InChI=1S/C39H29N5/c1-2-12-30-26(10-1)19-21-42-39(30)44-35-17-7-4-14-32(35)37-31-13-3-6-16-34(31)43(38(37)33-15-5-8-18-36(33)44)29-22-28(24-41-25-29)27-11-9-20-40-23-27/h1-19,21-24,40-41H,20,25H2. The first-order valence-electron chi connectivity index (χ1n) is 15.1. The van der Waals surface area contributed by atoms with Gasteiger partial charge < -0.3 is 15.2 Å². The number of rotatable bonds is 3. The third kappa shape index (κ3) is 3.69. The molecule has 3 aliphatic heterocycles. The average molecular weight is 568 g/mol. The molecule has 6 aromatic rings. The first-order chi connectivity index (χ1) is 21.9. The predicted octanol–water partition coefficient (Wildman–Crippen LogP) is 8.68. The molecule has 0 radical (unpaired) electrons. The molecule has 2 N–H and O–H groups in total. The summed E-state index contributed by atoms with van der Waals surface area (Å²) >= 11 is 0. The van der Waals surface area contributed by atoms with Crippen molar-refractivity contribution in [3.8, 4) is 22.4 Å². The van der Waals surface area contributed by atoms with E-state index >= 15 is 0 Å². The summed E-state index contributed by atoms with van der Waals surface area (Å²) in [6, 6.07) is 37.0. The van der Waals surface area contributed by atoms with Gasteiger partial charge in [-0.05, 0) is 41.3 Å². The van der Waals surface area contributed by atoms with E-state index in [0.29, 0.717) is 0 Å². The Hall–Kier alpha value is -5.81. The molecule has 5 nitrogen and oxygen atoms in total. The monoisotopic (exact) mass is 567 g/mol. The van der Waals surface area contributed by atoms with E-state index in [1.165, 1.54) is 49.9 Å². The minimum absolute atomic E-state index is 0.720. The van der Waals surface area contributed by atoms with Gasteiger partial charge >= 0.3 is 0 Å². The fourth-order valence-corrected chi connectivity index (χ4v) is 6.95. The lowest BCUT2D eigenvalue weighted by Gasteiger charge is -2.27. The number of nitrogens with zero attached hydrogens (tertiary/aromatic N) is 3. The van der Waals surface area contributed by atoms with Gasteiger partial charge in [0.05, 0.1) is 29.1 Å². The summed E-state index contributed by atoms with van der Waals surface area (Å²) in [5, 5.41) is 10.5. The summed E-state index contributed by atoms with van der Waals surface area (Å²) in [5.41, 5.74) is 11.7. The van der Waals surface area contributed by atoms with Crippen LogP contribution in [0.3, 0.4) is 0 Å². The molecule has 9 rings (SSSR count). The van der Waals surface area contributed by atoms with Gasteiger partial charge in [0.1, 0.15) is 5.82 Å². The predicted molar refractivity (Wildman–Crippen MR) is 182 cm³/mol. The number of para-hydroxylation sites is 3. The van der Waals surface area contributed by atoms with E-state index < -0.39 is 0 Å². The smallest absolute Gasteiger partial charge is 0.145 e. The van der Waals surface area contributed by atoms with Crippen LogP contribution in [0.15, 0.2) is 151 Å². The lowest BCUT2D eigenvalue weighted by atomic mass is 9.98. The van der Waals surface area contributed by atoms with E-state index in [0.717, 1.165) is 41.2 Å². The van der Waals surface area contributed by atoms with Crippen molar-refractivity contribution >= 4 is 44.6 Å². The van der Waals surface area contributed by atoms with Crippen molar-refractivity contribution < 1.29 is 0 Å². The van der Waals surface area contributed by atoms with Gasteiger partial charge in [-0.25, -0.2) is 4.98 Å². The number of allylic oxidation sites excluding steroid dienone is 4. The molecule has 5 heterocycles. The number of fused-ring (bicyclic) bond motifs is 8. The number of hydrogen-bond acceptors (Lipinski definition) is 4. The highest BCUT2D eigenvalue weighted by molar-refractivity contribution is 6.14. The highest BCUT2D eigenvalue weighted by atomic mass is 15.2. The Morgan fingerprint density at radius 3 is 2.25 bits per heavy atom. The lowest BCUT2D eigenvalue weighted by Crippen LogP contribution is -2.20. The van der Waals surface area contributed by atoms with Gasteiger partial charge in [0.15, 0.2) is 0 Å². The Bertz CT molecular complexity index is 2240. The maximum Gasteiger partial charge on any atom is 0.145 e. The van der Waals surface area contributed by atoms with Gasteiger partial charge in [0.2, 0.25) is 0 Å². The largest absolute Gasteiger partial charge is 0.387 e. The van der Waals surface area contributed by atoms with Crippen LogP contribution in [0, 0.1) is 0 Å². The molecule has 0 fully saturated rings. The van der Waals surface area contributed by atoms with Crippen LogP contribution in [0.2, 0.25) is 0 Å². The van der Waals surface area contributed by atoms with Crippen LogP contribution in [0.1, 0.15) is 0 Å². The van der Waals surface area contributed by atoms with Gasteiger partial charge in [-0.3, -0.25) is 4.90 Å². The molecule has 0 saturated heterocycles. The zero-order valence-corrected chi connectivity index (χ0v) is 24.0. The number of pyridine rings is 1. The zero-order chi connectivity index (χ0) is 29.0. The van der Waals surface area contributed by atoms with Crippen LogP contribution in [-0.2, 0) is 0 Å². The summed E-state index contributed by atoms with van der Waals surface area (Å²) < 4.78 is 2.47. The Morgan fingerprint density at radius 1 is 0.659 bits per heavy atom. The van der Waals surface area contributed by atoms with E-state index in [1.54, 1.807) is 0 Å². The number of hydrogen-bond donors (Lipinski definition) is 2. The molecule has 44 heavy (non-hydrogen) atoms. The molecule has 5 heteroatoms. The van der Waals surface area contributed by atoms with Gasteiger partial charge in [-0.2, -0.15) is 0 Å². The molecule has 4 aromatic carbocycles. The summed E-state index contributed by atoms with van der Waals surface area (Å²) in [6.07, 6.45) is 12.8. The molecule has 0 spiro atoms. The number of benzene rings is 4. The fourth-order valence-electron chi connectivity index (χ4n) is 6.95. The van der Waals surface area contributed by atoms with Crippen molar-refractivity contribution in [3.63, 3.8) is 0 Å². The Balaban J connectivity index is 1.38. The topological polar surface area (TPSA) is 45.1 Å². The molecule has 0 bridgehead atoms. The molecule has 0 unspecified atom stereocenters. The van der Waals surface area contributed by atoms with Crippen molar-refractivity contribution in [2.75, 3.05) is 18.0 Å². The van der Waals surface area contributed by atoms with Crippen molar-refractivity contribution in [1.82, 2.24) is 20.2 Å². The maximum absolute atomic E-state index is 5.03.